The zero-order valence-corrected chi connectivity index (χ0v) is 12.6. The van der Waals surface area contributed by atoms with Crippen LogP contribution in [0.25, 0.3) is 0 Å². The zero-order valence-electron chi connectivity index (χ0n) is 11.8. The molecule has 1 aromatic heterocycles. The first kappa shape index (κ1) is 14.0. The summed E-state index contributed by atoms with van der Waals surface area (Å²) in [5, 5.41) is 13.6. The molecule has 112 valence electrons. The Morgan fingerprint density at radius 2 is 1.95 bits per heavy atom. The summed E-state index contributed by atoms with van der Waals surface area (Å²) < 4.78 is 31.8. The first-order valence-electron chi connectivity index (χ1n) is 6.98. The predicted octanol–water partition coefficient (Wildman–Crippen LogP) is 1.22. The van der Waals surface area contributed by atoms with Gasteiger partial charge in [-0.25, -0.2) is 8.42 Å². The summed E-state index contributed by atoms with van der Waals surface area (Å²) in [5.41, 5.74) is 0.372. The van der Waals surface area contributed by atoms with Crippen molar-refractivity contribution in [3.8, 4) is 0 Å². The van der Waals surface area contributed by atoms with E-state index in [0.29, 0.717) is 24.5 Å². The maximum atomic E-state index is 12.7. The molecule has 2 fully saturated rings. The number of nitrogens with zero attached hydrogens (tertiary/aromatic N) is 2. The van der Waals surface area contributed by atoms with Crippen LogP contribution in [0.4, 0.5) is 0 Å². The molecular formula is C13H20N2O4S. The summed E-state index contributed by atoms with van der Waals surface area (Å²) in [5.74, 6) is 0.339. The van der Waals surface area contributed by atoms with Crippen LogP contribution in [0.2, 0.25) is 0 Å². The molecule has 2 heterocycles. The van der Waals surface area contributed by atoms with Crippen LogP contribution in [-0.4, -0.2) is 42.2 Å². The van der Waals surface area contributed by atoms with Crippen LogP contribution in [0, 0.1) is 19.3 Å². The number of sulfonamides is 1. The van der Waals surface area contributed by atoms with Gasteiger partial charge in [0.2, 0.25) is 10.0 Å². The third-order valence-electron chi connectivity index (χ3n) is 4.91. The fourth-order valence-electron chi connectivity index (χ4n) is 3.41. The molecule has 6 nitrogen and oxygen atoms in total. The van der Waals surface area contributed by atoms with Crippen LogP contribution >= 0.6 is 0 Å². The summed E-state index contributed by atoms with van der Waals surface area (Å²) in [7, 11) is -3.54. The molecule has 1 N–H and O–H groups in total. The van der Waals surface area contributed by atoms with Crippen molar-refractivity contribution >= 4 is 10.0 Å². The highest BCUT2D eigenvalue weighted by atomic mass is 32.2. The molecule has 20 heavy (non-hydrogen) atoms. The Labute approximate surface area is 118 Å². The molecule has 1 atom stereocenters. The number of aromatic nitrogens is 1. The van der Waals surface area contributed by atoms with E-state index in [1.165, 1.54) is 4.31 Å². The number of piperidine rings is 1. The fourth-order valence-corrected chi connectivity index (χ4v) is 5.14. The molecule has 3 rings (SSSR count). The lowest BCUT2D eigenvalue weighted by Crippen LogP contribution is -2.53. The number of rotatable bonds is 2. The third-order valence-corrected chi connectivity index (χ3v) is 7.05. The highest BCUT2D eigenvalue weighted by Crippen LogP contribution is 2.49. The van der Waals surface area contributed by atoms with E-state index in [1.54, 1.807) is 13.8 Å². The first-order chi connectivity index (χ1) is 9.37. The van der Waals surface area contributed by atoms with Crippen molar-refractivity contribution in [2.24, 2.45) is 5.41 Å². The van der Waals surface area contributed by atoms with Crippen LogP contribution in [0.15, 0.2) is 9.42 Å². The number of aliphatic hydroxyl groups excluding tert-OH is 1. The van der Waals surface area contributed by atoms with Gasteiger partial charge in [-0.2, -0.15) is 4.31 Å². The van der Waals surface area contributed by atoms with Crippen LogP contribution in [0.3, 0.4) is 0 Å². The second kappa shape index (κ2) is 4.54. The Bertz CT molecular complexity index is 595. The summed E-state index contributed by atoms with van der Waals surface area (Å²) in [6.45, 7) is 4.19. The quantitative estimate of drug-likeness (QED) is 0.887. The minimum atomic E-state index is -3.54. The molecule has 0 aromatic carbocycles. The van der Waals surface area contributed by atoms with Gasteiger partial charge < -0.3 is 9.63 Å². The average molecular weight is 300 g/mol. The van der Waals surface area contributed by atoms with Gasteiger partial charge in [0.05, 0.1) is 6.10 Å². The molecule has 1 spiro atoms. The first-order valence-corrected chi connectivity index (χ1v) is 8.42. The number of aliphatic hydroxyl groups is 1. The second-order valence-electron chi connectivity index (χ2n) is 5.97. The van der Waals surface area contributed by atoms with E-state index in [2.05, 4.69) is 5.16 Å². The van der Waals surface area contributed by atoms with Gasteiger partial charge in [-0.1, -0.05) is 5.16 Å². The van der Waals surface area contributed by atoms with Gasteiger partial charge in [0.15, 0.2) is 5.76 Å². The summed E-state index contributed by atoms with van der Waals surface area (Å²) in [4.78, 5) is 0.197. The second-order valence-corrected chi connectivity index (χ2v) is 7.85. The van der Waals surface area contributed by atoms with Crippen molar-refractivity contribution in [3.63, 3.8) is 0 Å². The highest BCUT2D eigenvalue weighted by molar-refractivity contribution is 7.89. The summed E-state index contributed by atoms with van der Waals surface area (Å²) in [6, 6.07) is 0. The molecule has 7 heteroatoms. The highest BCUT2D eigenvalue weighted by Gasteiger charge is 2.49. The van der Waals surface area contributed by atoms with Crippen LogP contribution in [0.5, 0.6) is 0 Å². The topological polar surface area (TPSA) is 83.6 Å². The molecular weight excluding hydrogens is 280 g/mol. The van der Waals surface area contributed by atoms with Gasteiger partial charge >= 0.3 is 0 Å². The van der Waals surface area contributed by atoms with Crippen LogP contribution in [-0.2, 0) is 10.0 Å². The van der Waals surface area contributed by atoms with Crippen molar-refractivity contribution in [1.29, 1.82) is 0 Å². The molecule has 1 aliphatic heterocycles. The minimum Gasteiger partial charge on any atom is -0.393 e. The largest absolute Gasteiger partial charge is 0.393 e. The molecule has 0 amide bonds. The lowest BCUT2D eigenvalue weighted by atomic mass is 9.61. The Hall–Kier alpha value is -0.920. The number of hydrogen-bond donors (Lipinski definition) is 1. The molecule has 0 bridgehead atoms. The lowest BCUT2D eigenvalue weighted by Gasteiger charge is -2.51. The van der Waals surface area contributed by atoms with Gasteiger partial charge in [0.25, 0.3) is 0 Å². The smallest absolute Gasteiger partial charge is 0.248 e. The van der Waals surface area contributed by atoms with Gasteiger partial charge in [-0.15, -0.1) is 0 Å². The van der Waals surface area contributed by atoms with E-state index in [0.717, 1.165) is 25.7 Å². The van der Waals surface area contributed by atoms with E-state index < -0.39 is 10.0 Å². The molecule has 1 aromatic rings. The van der Waals surface area contributed by atoms with Crippen molar-refractivity contribution < 1.29 is 18.0 Å². The maximum absolute atomic E-state index is 12.7. The van der Waals surface area contributed by atoms with Gasteiger partial charge in [-0.05, 0) is 44.9 Å². The van der Waals surface area contributed by atoms with E-state index in [-0.39, 0.29) is 16.4 Å². The number of hydrogen-bond acceptors (Lipinski definition) is 5. The molecule has 2 aliphatic rings. The van der Waals surface area contributed by atoms with Crippen molar-refractivity contribution in [2.45, 2.75) is 50.5 Å². The van der Waals surface area contributed by atoms with Crippen molar-refractivity contribution in [3.05, 3.63) is 11.5 Å². The monoisotopic (exact) mass is 300 g/mol. The van der Waals surface area contributed by atoms with E-state index in [1.807, 2.05) is 0 Å². The Morgan fingerprint density at radius 3 is 2.35 bits per heavy atom. The summed E-state index contributed by atoms with van der Waals surface area (Å²) >= 11 is 0. The standard InChI is InChI=1S/C13H20N2O4S/c1-9-12(10(2)19-14-9)20(17,18)15-7-5-13(6-8-15)4-3-11(13)16/h11,16H,3-8H2,1-2H3. The maximum Gasteiger partial charge on any atom is 0.248 e. The Kier molecular flexibility index (Phi) is 3.19. The van der Waals surface area contributed by atoms with Gasteiger partial charge in [0, 0.05) is 13.1 Å². The average Bonchev–Trinajstić information content (AvgIpc) is 2.77. The summed E-state index contributed by atoms with van der Waals surface area (Å²) in [6.07, 6.45) is 3.06. The molecule has 0 radical (unpaired) electrons. The van der Waals surface area contributed by atoms with Gasteiger partial charge in [0.1, 0.15) is 10.6 Å². The van der Waals surface area contributed by atoms with E-state index in [4.69, 9.17) is 4.52 Å². The minimum absolute atomic E-state index is 0.0369. The zero-order chi connectivity index (χ0) is 14.5. The predicted molar refractivity (Wildman–Crippen MR) is 71.6 cm³/mol. The Morgan fingerprint density at radius 1 is 1.30 bits per heavy atom. The molecule has 1 unspecified atom stereocenters. The third kappa shape index (κ3) is 1.91. The molecule has 1 saturated carbocycles. The van der Waals surface area contributed by atoms with Gasteiger partial charge in [-0.3, -0.25) is 0 Å². The normalized spacial score (nSPS) is 26.6. The molecule has 1 aliphatic carbocycles. The SMILES string of the molecule is Cc1noc(C)c1S(=O)(=O)N1CCC2(CCC2O)CC1. The number of aryl methyl sites for hydroxylation is 2. The Balaban J connectivity index is 1.81. The van der Waals surface area contributed by atoms with E-state index >= 15 is 0 Å². The fraction of sp³-hybridized carbons (Fsp3) is 0.769. The van der Waals surface area contributed by atoms with Crippen LogP contribution in [0.1, 0.15) is 37.1 Å². The van der Waals surface area contributed by atoms with Crippen molar-refractivity contribution in [2.75, 3.05) is 13.1 Å². The van der Waals surface area contributed by atoms with Crippen molar-refractivity contribution in [1.82, 2.24) is 9.46 Å². The molecule has 1 saturated heterocycles. The van der Waals surface area contributed by atoms with Crippen LogP contribution < -0.4 is 0 Å². The van der Waals surface area contributed by atoms with E-state index in [9.17, 15) is 13.5 Å². The lowest BCUT2D eigenvalue weighted by molar-refractivity contribution is -0.0911.